The summed E-state index contributed by atoms with van der Waals surface area (Å²) >= 11 is 5.20. The second-order valence-electron chi connectivity index (χ2n) is 4.11. The van der Waals surface area contributed by atoms with Gasteiger partial charge in [-0.1, -0.05) is 13.8 Å². The molecule has 2 N–H and O–H groups in total. The minimum Gasteiger partial charge on any atom is -0.355 e. The van der Waals surface area contributed by atoms with E-state index in [1.165, 1.54) is 0 Å². The predicted octanol–water partition coefficient (Wildman–Crippen LogP) is 2.37. The van der Waals surface area contributed by atoms with Gasteiger partial charge in [-0.3, -0.25) is 4.79 Å². The zero-order chi connectivity index (χ0) is 12.3. The van der Waals surface area contributed by atoms with Gasteiger partial charge in [0.05, 0.1) is 0 Å². The van der Waals surface area contributed by atoms with Crippen LogP contribution in [0, 0.1) is 4.77 Å². The average Bonchev–Trinajstić information content (AvgIpc) is 2.59. The molecule has 16 heavy (non-hydrogen) atoms. The predicted molar refractivity (Wildman–Crippen MR) is 67.1 cm³/mol. The summed E-state index contributed by atoms with van der Waals surface area (Å²) in [5, 5.41) is 2.81. The largest absolute Gasteiger partial charge is 0.355 e. The Labute approximate surface area is 101 Å². The van der Waals surface area contributed by atoms with E-state index < -0.39 is 0 Å². The molecule has 0 bridgehead atoms. The van der Waals surface area contributed by atoms with E-state index in [1.54, 1.807) is 0 Å². The molecule has 0 aromatic carbocycles. The molecule has 90 valence electrons. The fraction of sp³-hybridized carbons (Fsp3) is 0.636. The first-order valence-electron chi connectivity index (χ1n) is 5.56. The Bertz CT molecular complexity index is 419. The third-order valence-corrected chi connectivity index (χ3v) is 2.86. The maximum absolute atomic E-state index is 11.8. The second-order valence-corrected chi connectivity index (χ2v) is 4.50. The number of carbonyl (C=O) groups excluding carboxylic acids is 1. The monoisotopic (exact) mass is 241 g/mol. The third kappa shape index (κ3) is 2.52. The number of rotatable bonds is 4. The van der Waals surface area contributed by atoms with Crippen molar-refractivity contribution in [3.05, 3.63) is 16.7 Å². The molecule has 0 saturated heterocycles. The van der Waals surface area contributed by atoms with E-state index in [0.717, 1.165) is 5.69 Å². The molecule has 1 heterocycles. The number of aromatic nitrogens is 2. The van der Waals surface area contributed by atoms with Gasteiger partial charge < -0.3 is 14.9 Å². The standard InChI is InChI=1S/C11H19N3OS/c1-5-12-10(15)8(4)14-9(7(2)3)6-13-11(14)16/h6-8H,5H2,1-4H3,(H,12,15)(H,13,16). The molecule has 0 aliphatic heterocycles. The van der Waals surface area contributed by atoms with Crippen molar-refractivity contribution in [3.63, 3.8) is 0 Å². The number of aromatic amines is 1. The highest BCUT2D eigenvalue weighted by Crippen LogP contribution is 2.19. The maximum Gasteiger partial charge on any atom is 0.242 e. The van der Waals surface area contributed by atoms with Gasteiger partial charge in [0, 0.05) is 18.4 Å². The number of imidazole rings is 1. The van der Waals surface area contributed by atoms with Gasteiger partial charge in [0.1, 0.15) is 6.04 Å². The Morgan fingerprint density at radius 1 is 1.56 bits per heavy atom. The Kier molecular flexibility index (Phi) is 4.29. The van der Waals surface area contributed by atoms with Gasteiger partial charge in [-0.15, -0.1) is 0 Å². The number of carbonyl (C=O) groups is 1. The van der Waals surface area contributed by atoms with Crippen LogP contribution >= 0.6 is 12.2 Å². The fourth-order valence-corrected chi connectivity index (χ4v) is 2.00. The lowest BCUT2D eigenvalue weighted by molar-refractivity contribution is -0.123. The van der Waals surface area contributed by atoms with Crippen LogP contribution in [0.15, 0.2) is 6.20 Å². The molecule has 0 aliphatic carbocycles. The summed E-state index contributed by atoms with van der Waals surface area (Å²) in [5.74, 6) is 0.338. The average molecular weight is 241 g/mol. The van der Waals surface area contributed by atoms with E-state index in [4.69, 9.17) is 12.2 Å². The third-order valence-electron chi connectivity index (χ3n) is 2.55. The molecule has 1 aromatic rings. The second kappa shape index (κ2) is 5.30. The number of nitrogens with zero attached hydrogens (tertiary/aromatic N) is 1. The van der Waals surface area contributed by atoms with Crippen LogP contribution in [0.3, 0.4) is 0 Å². The normalized spacial score (nSPS) is 12.8. The number of hydrogen-bond donors (Lipinski definition) is 2. The fourth-order valence-electron chi connectivity index (χ4n) is 1.68. The van der Waals surface area contributed by atoms with Crippen LogP contribution in [-0.2, 0) is 4.79 Å². The van der Waals surface area contributed by atoms with Gasteiger partial charge in [0.15, 0.2) is 4.77 Å². The van der Waals surface area contributed by atoms with Crippen LogP contribution < -0.4 is 5.32 Å². The maximum atomic E-state index is 11.8. The molecule has 0 aliphatic rings. The quantitative estimate of drug-likeness (QED) is 0.795. The van der Waals surface area contributed by atoms with E-state index in [2.05, 4.69) is 24.1 Å². The summed E-state index contributed by atoms with van der Waals surface area (Å²) in [6.07, 6.45) is 1.88. The number of nitrogens with one attached hydrogen (secondary N) is 2. The molecular weight excluding hydrogens is 222 g/mol. The van der Waals surface area contributed by atoms with E-state index in [1.807, 2.05) is 24.6 Å². The SMILES string of the molecule is CCNC(=O)C(C)n1c(C(C)C)c[nH]c1=S. The number of H-pyrrole nitrogens is 1. The van der Waals surface area contributed by atoms with E-state index in [-0.39, 0.29) is 11.9 Å². The Morgan fingerprint density at radius 3 is 2.69 bits per heavy atom. The molecule has 0 radical (unpaired) electrons. The number of hydrogen-bond acceptors (Lipinski definition) is 2. The zero-order valence-corrected chi connectivity index (χ0v) is 11.0. The first-order valence-corrected chi connectivity index (χ1v) is 5.97. The highest BCUT2D eigenvalue weighted by Gasteiger charge is 2.19. The molecule has 1 amide bonds. The van der Waals surface area contributed by atoms with Crippen molar-refractivity contribution in [2.45, 2.75) is 39.7 Å². The summed E-state index contributed by atoms with van der Waals surface area (Å²) in [6.45, 7) is 8.57. The van der Waals surface area contributed by atoms with E-state index >= 15 is 0 Å². The van der Waals surface area contributed by atoms with Crippen molar-refractivity contribution in [1.29, 1.82) is 0 Å². The molecule has 4 nitrogen and oxygen atoms in total. The van der Waals surface area contributed by atoms with Gasteiger partial charge in [-0.25, -0.2) is 0 Å². The Hall–Kier alpha value is -1.10. The Balaban J connectivity index is 3.07. The van der Waals surface area contributed by atoms with Gasteiger partial charge in [-0.05, 0) is 32.0 Å². The number of likely N-dealkylation sites (N-methyl/N-ethyl adjacent to an activating group) is 1. The van der Waals surface area contributed by atoms with Crippen molar-refractivity contribution < 1.29 is 4.79 Å². The van der Waals surface area contributed by atoms with Crippen LogP contribution in [0.4, 0.5) is 0 Å². The molecule has 1 atom stereocenters. The highest BCUT2D eigenvalue weighted by atomic mass is 32.1. The lowest BCUT2D eigenvalue weighted by atomic mass is 10.1. The van der Waals surface area contributed by atoms with Crippen molar-refractivity contribution in [1.82, 2.24) is 14.9 Å². The summed E-state index contributed by atoms with van der Waals surface area (Å²) < 4.78 is 2.48. The minimum absolute atomic E-state index is 0.0000926. The molecule has 0 spiro atoms. The topological polar surface area (TPSA) is 49.8 Å². The van der Waals surface area contributed by atoms with Crippen LogP contribution in [0.25, 0.3) is 0 Å². The van der Waals surface area contributed by atoms with Crippen molar-refractivity contribution >= 4 is 18.1 Å². The molecule has 1 aromatic heterocycles. The summed E-state index contributed by atoms with van der Waals surface area (Å²) in [5.41, 5.74) is 1.06. The summed E-state index contributed by atoms with van der Waals surface area (Å²) in [7, 11) is 0. The number of amides is 1. The van der Waals surface area contributed by atoms with Crippen LogP contribution in [0.5, 0.6) is 0 Å². The van der Waals surface area contributed by atoms with Crippen molar-refractivity contribution in [3.8, 4) is 0 Å². The van der Waals surface area contributed by atoms with Gasteiger partial charge in [0.25, 0.3) is 0 Å². The molecule has 5 heteroatoms. The Morgan fingerprint density at radius 2 is 2.19 bits per heavy atom. The molecular formula is C11H19N3OS. The minimum atomic E-state index is -0.268. The van der Waals surface area contributed by atoms with E-state index in [9.17, 15) is 4.79 Å². The van der Waals surface area contributed by atoms with Crippen molar-refractivity contribution in [2.24, 2.45) is 0 Å². The lowest BCUT2D eigenvalue weighted by Crippen LogP contribution is -2.31. The zero-order valence-electron chi connectivity index (χ0n) is 10.2. The van der Waals surface area contributed by atoms with Gasteiger partial charge >= 0.3 is 0 Å². The van der Waals surface area contributed by atoms with Crippen LogP contribution in [0.1, 0.15) is 45.3 Å². The molecule has 0 fully saturated rings. The summed E-state index contributed by atoms with van der Waals surface area (Å²) in [4.78, 5) is 14.8. The first-order chi connectivity index (χ1) is 7.49. The van der Waals surface area contributed by atoms with Crippen LogP contribution in [-0.4, -0.2) is 22.0 Å². The first kappa shape index (κ1) is 13.0. The molecule has 1 unspecified atom stereocenters. The van der Waals surface area contributed by atoms with Gasteiger partial charge in [0.2, 0.25) is 5.91 Å². The molecule has 0 saturated carbocycles. The van der Waals surface area contributed by atoms with Crippen LogP contribution in [0.2, 0.25) is 0 Å². The smallest absolute Gasteiger partial charge is 0.242 e. The molecule has 1 rings (SSSR count). The van der Waals surface area contributed by atoms with Crippen molar-refractivity contribution in [2.75, 3.05) is 6.54 Å². The van der Waals surface area contributed by atoms with Gasteiger partial charge in [-0.2, -0.15) is 0 Å². The summed E-state index contributed by atoms with van der Waals surface area (Å²) in [6, 6.07) is -0.268. The van der Waals surface area contributed by atoms with E-state index in [0.29, 0.717) is 17.2 Å². The highest BCUT2D eigenvalue weighted by molar-refractivity contribution is 7.71. The lowest BCUT2D eigenvalue weighted by Gasteiger charge is -2.17.